The first-order valence-electron chi connectivity index (χ1n) is 8.67. The summed E-state index contributed by atoms with van der Waals surface area (Å²) in [7, 11) is 0. The van der Waals surface area contributed by atoms with Crippen LogP contribution < -0.4 is 0 Å². The summed E-state index contributed by atoms with van der Waals surface area (Å²) in [5.41, 5.74) is 0. The molecule has 2 fully saturated rings. The highest BCUT2D eigenvalue weighted by Crippen LogP contribution is 2.35. The van der Waals surface area contributed by atoms with Gasteiger partial charge in [0, 0.05) is 18.3 Å². The van der Waals surface area contributed by atoms with E-state index in [0.29, 0.717) is 6.42 Å². The molecule has 1 aliphatic carbocycles. The fourth-order valence-electron chi connectivity index (χ4n) is 3.50. The number of unbranched alkanes of at least 4 members (excludes halogenated alkanes) is 3. The Labute approximate surface area is 133 Å². The quantitative estimate of drug-likeness (QED) is 0.609. The van der Waals surface area contributed by atoms with Crippen molar-refractivity contribution >= 4 is 17.7 Å². The third-order valence-electron chi connectivity index (χ3n) is 4.89. The molecule has 2 rings (SSSR count). The van der Waals surface area contributed by atoms with E-state index in [9.17, 15) is 4.79 Å². The molecule has 4 heteroatoms. The normalized spacial score (nSPS) is 26.5. The molecule has 0 aromatic carbocycles. The largest absolute Gasteiger partial charge is 0.481 e. The van der Waals surface area contributed by atoms with Crippen molar-refractivity contribution in [1.29, 1.82) is 0 Å². The molecule has 1 heterocycles. The van der Waals surface area contributed by atoms with Crippen molar-refractivity contribution in [3.8, 4) is 0 Å². The van der Waals surface area contributed by atoms with E-state index in [4.69, 9.17) is 9.84 Å². The average Bonchev–Trinajstić information content (AvgIpc) is 3.11. The van der Waals surface area contributed by atoms with Gasteiger partial charge in [-0.1, -0.05) is 32.1 Å². The molecule has 0 aromatic heterocycles. The number of carboxylic acid groups (broad SMARTS) is 1. The van der Waals surface area contributed by atoms with Gasteiger partial charge in [-0.15, -0.1) is 0 Å². The summed E-state index contributed by atoms with van der Waals surface area (Å²) in [5, 5.41) is 9.53. The molecule has 0 bridgehead atoms. The summed E-state index contributed by atoms with van der Waals surface area (Å²) in [6, 6.07) is 0. The zero-order valence-corrected chi connectivity index (χ0v) is 13.9. The van der Waals surface area contributed by atoms with Crippen LogP contribution in [0.5, 0.6) is 0 Å². The lowest BCUT2D eigenvalue weighted by Gasteiger charge is -2.19. The van der Waals surface area contributed by atoms with E-state index >= 15 is 0 Å². The van der Waals surface area contributed by atoms with Gasteiger partial charge in [-0.25, -0.2) is 0 Å². The molecule has 122 valence electrons. The van der Waals surface area contributed by atoms with Crippen molar-refractivity contribution in [3.05, 3.63) is 0 Å². The zero-order valence-electron chi connectivity index (χ0n) is 13.1. The Kier molecular flexibility index (Phi) is 7.94. The van der Waals surface area contributed by atoms with E-state index in [1.54, 1.807) is 0 Å². The average molecular weight is 314 g/mol. The molecular formula is C17H30O3S. The lowest BCUT2D eigenvalue weighted by Crippen LogP contribution is -2.16. The molecule has 1 saturated carbocycles. The van der Waals surface area contributed by atoms with Crippen molar-refractivity contribution in [1.82, 2.24) is 0 Å². The van der Waals surface area contributed by atoms with Crippen molar-refractivity contribution in [3.63, 3.8) is 0 Å². The third-order valence-corrected chi connectivity index (χ3v) is 6.46. The Balaban J connectivity index is 1.53. The van der Waals surface area contributed by atoms with Gasteiger partial charge in [0.1, 0.15) is 0 Å². The highest BCUT2D eigenvalue weighted by molar-refractivity contribution is 7.99. The summed E-state index contributed by atoms with van der Waals surface area (Å²) in [6.45, 7) is 1.91. The second-order valence-electron chi connectivity index (χ2n) is 6.64. The molecule has 21 heavy (non-hydrogen) atoms. The van der Waals surface area contributed by atoms with Crippen molar-refractivity contribution in [2.24, 2.45) is 11.8 Å². The maximum absolute atomic E-state index is 10.4. The van der Waals surface area contributed by atoms with E-state index in [2.05, 4.69) is 11.8 Å². The monoisotopic (exact) mass is 314 g/mol. The topological polar surface area (TPSA) is 46.5 Å². The van der Waals surface area contributed by atoms with Gasteiger partial charge in [0.25, 0.3) is 0 Å². The minimum Gasteiger partial charge on any atom is -0.481 e. The Morgan fingerprint density at radius 2 is 1.76 bits per heavy atom. The van der Waals surface area contributed by atoms with Gasteiger partial charge in [0.2, 0.25) is 0 Å². The Hall–Kier alpha value is -0.220. The molecule has 3 nitrogen and oxygen atoms in total. The third kappa shape index (κ3) is 6.60. The number of carbonyl (C=O) groups is 1. The molecule has 2 atom stereocenters. The highest BCUT2D eigenvalue weighted by atomic mass is 32.2. The lowest BCUT2D eigenvalue weighted by molar-refractivity contribution is -0.137. The van der Waals surface area contributed by atoms with Gasteiger partial charge in [-0.3, -0.25) is 4.79 Å². The number of thioether (sulfide) groups is 1. The first-order chi connectivity index (χ1) is 10.3. The molecule has 2 aliphatic rings. The summed E-state index contributed by atoms with van der Waals surface area (Å²) < 4.78 is 5.70. The van der Waals surface area contributed by atoms with E-state index in [1.165, 1.54) is 50.7 Å². The summed E-state index contributed by atoms with van der Waals surface area (Å²) in [6.07, 6.45) is 11.6. The summed E-state index contributed by atoms with van der Waals surface area (Å²) in [4.78, 5) is 10.4. The van der Waals surface area contributed by atoms with Crippen LogP contribution in [0, 0.1) is 11.8 Å². The number of rotatable bonds is 10. The predicted octanol–water partition coefficient (Wildman–Crippen LogP) is 4.35. The predicted molar refractivity (Wildman–Crippen MR) is 87.9 cm³/mol. The van der Waals surface area contributed by atoms with Crippen LogP contribution in [-0.2, 0) is 9.53 Å². The molecular weight excluding hydrogens is 284 g/mol. The molecule has 0 spiro atoms. The SMILES string of the molecule is O=C(O)CCCCCCC1COCC1CSC1CCCC1. The van der Waals surface area contributed by atoms with Gasteiger partial charge in [-0.05, 0) is 43.3 Å². The molecule has 0 radical (unpaired) electrons. The maximum atomic E-state index is 10.4. The minimum absolute atomic E-state index is 0.327. The summed E-state index contributed by atoms with van der Waals surface area (Å²) in [5.74, 6) is 2.13. The molecule has 1 N–H and O–H groups in total. The van der Waals surface area contributed by atoms with Gasteiger partial charge >= 0.3 is 5.97 Å². The van der Waals surface area contributed by atoms with Crippen LogP contribution in [-0.4, -0.2) is 35.3 Å². The van der Waals surface area contributed by atoms with Crippen LogP contribution in [0.4, 0.5) is 0 Å². The number of ether oxygens (including phenoxy) is 1. The summed E-state index contributed by atoms with van der Waals surface area (Å²) >= 11 is 2.19. The fourth-order valence-corrected chi connectivity index (χ4v) is 5.05. The standard InChI is InChI=1S/C17H30O3S/c18-17(19)10-4-2-1-3-7-14-11-20-12-15(14)13-21-16-8-5-6-9-16/h14-16H,1-13H2,(H,18,19). The molecule has 2 unspecified atom stereocenters. The minimum atomic E-state index is -0.664. The maximum Gasteiger partial charge on any atom is 0.303 e. The number of carboxylic acids is 1. The van der Waals surface area contributed by atoms with Crippen LogP contribution >= 0.6 is 11.8 Å². The first kappa shape index (κ1) is 17.1. The van der Waals surface area contributed by atoms with Crippen LogP contribution in [0.25, 0.3) is 0 Å². The second kappa shape index (κ2) is 9.73. The Morgan fingerprint density at radius 1 is 1.05 bits per heavy atom. The second-order valence-corrected chi connectivity index (χ2v) is 7.98. The fraction of sp³-hybridized carbons (Fsp3) is 0.941. The van der Waals surface area contributed by atoms with E-state index in [0.717, 1.165) is 43.1 Å². The number of aliphatic carboxylic acids is 1. The van der Waals surface area contributed by atoms with Crippen LogP contribution in [0.2, 0.25) is 0 Å². The Morgan fingerprint density at radius 3 is 2.52 bits per heavy atom. The van der Waals surface area contributed by atoms with Crippen LogP contribution in [0.1, 0.15) is 64.2 Å². The van der Waals surface area contributed by atoms with E-state index in [1.807, 2.05) is 0 Å². The van der Waals surface area contributed by atoms with Gasteiger partial charge < -0.3 is 9.84 Å². The van der Waals surface area contributed by atoms with E-state index < -0.39 is 5.97 Å². The number of hydrogen-bond donors (Lipinski definition) is 1. The molecule has 0 amide bonds. The molecule has 1 aliphatic heterocycles. The first-order valence-corrected chi connectivity index (χ1v) is 9.71. The van der Waals surface area contributed by atoms with Crippen molar-refractivity contribution in [2.45, 2.75) is 69.5 Å². The molecule has 1 saturated heterocycles. The highest BCUT2D eigenvalue weighted by Gasteiger charge is 2.28. The van der Waals surface area contributed by atoms with Gasteiger partial charge in [0.15, 0.2) is 0 Å². The van der Waals surface area contributed by atoms with E-state index in [-0.39, 0.29) is 0 Å². The van der Waals surface area contributed by atoms with Gasteiger partial charge in [-0.2, -0.15) is 11.8 Å². The van der Waals surface area contributed by atoms with Gasteiger partial charge in [0.05, 0.1) is 6.61 Å². The lowest BCUT2D eigenvalue weighted by atomic mass is 9.92. The number of hydrogen-bond acceptors (Lipinski definition) is 3. The smallest absolute Gasteiger partial charge is 0.303 e. The zero-order chi connectivity index (χ0) is 14.9. The van der Waals surface area contributed by atoms with Crippen LogP contribution in [0.15, 0.2) is 0 Å². The molecule has 0 aromatic rings. The van der Waals surface area contributed by atoms with Crippen molar-refractivity contribution in [2.75, 3.05) is 19.0 Å². The van der Waals surface area contributed by atoms with Crippen LogP contribution in [0.3, 0.4) is 0 Å². The Bertz CT molecular complexity index is 302. The van der Waals surface area contributed by atoms with Crippen molar-refractivity contribution < 1.29 is 14.6 Å².